The molecular formula is C22H28F2N4O4S. The number of nitrogens with zero attached hydrogens (tertiary/aromatic N) is 2. The van der Waals surface area contributed by atoms with Gasteiger partial charge in [-0.1, -0.05) is 0 Å². The van der Waals surface area contributed by atoms with Gasteiger partial charge in [0, 0.05) is 30.6 Å². The fourth-order valence-electron chi connectivity index (χ4n) is 6.80. The second-order valence-corrected chi connectivity index (χ2v) is 11.9. The minimum Gasteiger partial charge on any atom is -0.369 e. The molecule has 4 bridgehead atoms. The van der Waals surface area contributed by atoms with Gasteiger partial charge >= 0.3 is 10.2 Å². The Labute approximate surface area is 191 Å². The van der Waals surface area contributed by atoms with Gasteiger partial charge in [0.1, 0.15) is 11.6 Å². The molecule has 2 atom stereocenters. The van der Waals surface area contributed by atoms with E-state index >= 15 is 0 Å². The molecule has 4 aliphatic carbocycles. The summed E-state index contributed by atoms with van der Waals surface area (Å²) in [5.74, 6) is -1.65. The number of amides is 2. The lowest BCUT2D eigenvalue weighted by molar-refractivity contribution is -0.147. The molecule has 1 aliphatic heterocycles. The number of hydrogen-bond donors (Lipinski definition) is 2. The molecule has 0 spiro atoms. The fourth-order valence-corrected chi connectivity index (χ4v) is 8.48. The molecule has 3 N–H and O–H groups in total. The van der Waals surface area contributed by atoms with Crippen LogP contribution in [0.25, 0.3) is 0 Å². The summed E-state index contributed by atoms with van der Waals surface area (Å²) >= 11 is 0. The van der Waals surface area contributed by atoms with Crippen molar-refractivity contribution < 1.29 is 26.8 Å². The Morgan fingerprint density at radius 2 is 1.82 bits per heavy atom. The number of benzene rings is 1. The summed E-state index contributed by atoms with van der Waals surface area (Å²) in [5, 5.41) is 3.04. The number of primary amides is 1. The molecule has 33 heavy (non-hydrogen) atoms. The minimum atomic E-state index is -4.15. The van der Waals surface area contributed by atoms with E-state index in [-0.39, 0.29) is 49.1 Å². The zero-order chi connectivity index (χ0) is 23.5. The van der Waals surface area contributed by atoms with E-state index < -0.39 is 33.2 Å². The first-order valence-corrected chi connectivity index (χ1v) is 12.8. The van der Waals surface area contributed by atoms with Crippen molar-refractivity contribution in [3.05, 3.63) is 29.8 Å². The second-order valence-electron chi connectivity index (χ2n) is 10.1. The molecule has 5 fully saturated rings. The third-order valence-corrected chi connectivity index (χ3v) is 9.90. The SMILES string of the molecule is NC(=O)C12CC3CC(C1)C(NC(=O)CN1CCCN(c4ccc(F)cc4F)S1(=O)=O)C(C3)C2. The number of anilines is 1. The Morgan fingerprint density at radius 3 is 2.45 bits per heavy atom. The number of nitrogens with two attached hydrogens (primary N) is 1. The van der Waals surface area contributed by atoms with Crippen LogP contribution >= 0.6 is 0 Å². The van der Waals surface area contributed by atoms with E-state index in [2.05, 4.69) is 5.32 Å². The Morgan fingerprint density at radius 1 is 1.12 bits per heavy atom. The van der Waals surface area contributed by atoms with Gasteiger partial charge in [-0.25, -0.2) is 8.78 Å². The second kappa shape index (κ2) is 7.90. The van der Waals surface area contributed by atoms with Gasteiger partial charge in [0.15, 0.2) is 0 Å². The van der Waals surface area contributed by atoms with Gasteiger partial charge in [-0.05, 0) is 68.4 Å². The van der Waals surface area contributed by atoms with Crippen molar-refractivity contribution in [2.24, 2.45) is 28.9 Å². The molecule has 1 aromatic carbocycles. The maximum atomic E-state index is 14.3. The first kappa shape index (κ1) is 22.5. The normalized spacial score (nSPS) is 34.9. The van der Waals surface area contributed by atoms with Crippen LogP contribution in [0.15, 0.2) is 18.2 Å². The molecule has 6 rings (SSSR count). The lowest BCUT2D eigenvalue weighted by Gasteiger charge is -2.58. The number of carbonyl (C=O) groups excluding carboxylic acids is 2. The predicted molar refractivity (Wildman–Crippen MR) is 116 cm³/mol. The van der Waals surface area contributed by atoms with Crippen LogP contribution in [0.2, 0.25) is 0 Å². The third-order valence-electron chi connectivity index (χ3n) is 8.00. The summed E-state index contributed by atoms with van der Waals surface area (Å²) < 4.78 is 55.7. The zero-order valence-electron chi connectivity index (χ0n) is 18.2. The molecule has 2 amide bonds. The Balaban J connectivity index is 1.28. The van der Waals surface area contributed by atoms with Gasteiger partial charge in [-0.3, -0.25) is 13.9 Å². The predicted octanol–water partition coefficient (Wildman–Crippen LogP) is 1.52. The Kier molecular flexibility index (Phi) is 5.39. The molecular weight excluding hydrogens is 454 g/mol. The highest BCUT2D eigenvalue weighted by Gasteiger charge is 2.58. The van der Waals surface area contributed by atoms with Crippen molar-refractivity contribution >= 4 is 27.7 Å². The van der Waals surface area contributed by atoms with Gasteiger partial charge in [-0.2, -0.15) is 12.7 Å². The minimum absolute atomic E-state index is 0.0480. The van der Waals surface area contributed by atoms with Gasteiger partial charge in [0.2, 0.25) is 11.8 Å². The summed E-state index contributed by atoms with van der Waals surface area (Å²) in [7, 11) is -4.15. The molecule has 0 aromatic heterocycles. The van der Waals surface area contributed by atoms with Crippen LogP contribution in [0.1, 0.15) is 38.5 Å². The number of carbonyl (C=O) groups is 2. The lowest BCUT2D eigenvalue weighted by Crippen LogP contribution is -2.63. The van der Waals surface area contributed by atoms with Gasteiger partial charge < -0.3 is 11.1 Å². The number of hydrogen-bond acceptors (Lipinski definition) is 4. The molecule has 0 radical (unpaired) electrons. The number of nitrogens with one attached hydrogen (secondary N) is 1. The van der Waals surface area contributed by atoms with Crippen LogP contribution in [-0.2, 0) is 19.8 Å². The van der Waals surface area contributed by atoms with Gasteiger partial charge in [0.25, 0.3) is 0 Å². The first-order valence-electron chi connectivity index (χ1n) is 11.4. The third kappa shape index (κ3) is 3.78. The highest BCUT2D eigenvalue weighted by atomic mass is 32.2. The first-order chi connectivity index (χ1) is 15.6. The van der Waals surface area contributed by atoms with E-state index in [0.29, 0.717) is 31.2 Å². The van der Waals surface area contributed by atoms with Crippen LogP contribution in [0.3, 0.4) is 0 Å². The maximum absolute atomic E-state index is 14.3. The maximum Gasteiger partial charge on any atom is 0.304 e. The van der Waals surface area contributed by atoms with Crippen LogP contribution in [-0.4, -0.2) is 50.2 Å². The molecule has 180 valence electrons. The largest absolute Gasteiger partial charge is 0.369 e. The molecule has 1 aromatic rings. The summed E-state index contributed by atoms with van der Waals surface area (Å²) in [6.45, 7) is -0.187. The number of halogens is 2. The Hall–Kier alpha value is -2.27. The molecule has 5 aliphatic rings. The highest BCUT2D eigenvalue weighted by Crippen LogP contribution is 2.59. The smallest absolute Gasteiger partial charge is 0.304 e. The van der Waals surface area contributed by atoms with Crippen molar-refractivity contribution in [2.45, 2.75) is 44.6 Å². The quantitative estimate of drug-likeness (QED) is 0.663. The monoisotopic (exact) mass is 482 g/mol. The molecule has 1 heterocycles. The van der Waals surface area contributed by atoms with Crippen molar-refractivity contribution in [3.8, 4) is 0 Å². The molecule has 4 saturated carbocycles. The van der Waals surface area contributed by atoms with E-state index in [1.54, 1.807) is 0 Å². The van der Waals surface area contributed by atoms with E-state index in [9.17, 15) is 26.8 Å². The lowest BCUT2D eigenvalue weighted by atomic mass is 9.47. The van der Waals surface area contributed by atoms with E-state index in [1.807, 2.05) is 0 Å². The van der Waals surface area contributed by atoms with Crippen molar-refractivity contribution in [1.82, 2.24) is 9.62 Å². The molecule has 2 unspecified atom stereocenters. The molecule has 1 saturated heterocycles. The summed E-state index contributed by atoms with van der Waals surface area (Å²) in [5.41, 5.74) is 5.02. The highest BCUT2D eigenvalue weighted by molar-refractivity contribution is 7.90. The van der Waals surface area contributed by atoms with Crippen LogP contribution in [0.5, 0.6) is 0 Å². The van der Waals surface area contributed by atoms with Crippen LogP contribution in [0, 0.1) is 34.8 Å². The van der Waals surface area contributed by atoms with E-state index in [0.717, 1.165) is 40.0 Å². The van der Waals surface area contributed by atoms with Gasteiger partial charge in [0.05, 0.1) is 12.2 Å². The average molecular weight is 483 g/mol. The van der Waals surface area contributed by atoms with E-state index in [1.165, 1.54) is 0 Å². The summed E-state index contributed by atoms with van der Waals surface area (Å²) in [6.07, 6.45) is 4.45. The van der Waals surface area contributed by atoms with Crippen molar-refractivity contribution in [2.75, 3.05) is 23.9 Å². The molecule has 8 nitrogen and oxygen atoms in total. The van der Waals surface area contributed by atoms with Crippen LogP contribution < -0.4 is 15.4 Å². The average Bonchev–Trinajstić information content (AvgIpc) is 2.72. The summed E-state index contributed by atoms with van der Waals surface area (Å²) in [6, 6.07) is 2.64. The van der Waals surface area contributed by atoms with Gasteiger partial charge in [-0.15, -0.1) is 0 Å². The summed E-state index contributed by atoms with van der Waals surface area (Å²) in [4.78, 5) is 25.0. The zero-order valence-corrected chi connectivity index (χ0v) is 19.0. The van der Waals surface area contributed by atoms with Crippen molar-refractivity contribution in [1.29, 1.82) is 0 Å². The van der Waals surface area contributed by atoms with Crippen LogP contribution in [0.4, 0.5) is 14.5 Å². The topological polar surface area (TPSA) is 113 Å². The van der Waals surface area contributed by atoms with E-state index in [4.69, 9.17) is 5.73 Å². The number of rotatable bonds is 5. The fraction of sp³-hybridized carbons (Fsp3) is 0.636. The Bertz CT molecular complexity index is 1080. The van der Waals surface area contributed by atoms with Crippen molar-refractivity contribution in [3.63, 3.8) is 0 Å². The standard InChI is InChI=1S/C22H28F2N4O4S/c23-16-2-3-18(17(24)8-16)28-5-1-4-27(33(28,31)32)12-19(29)26-20-14-6-13-7-15(20)11-22(9-13,10-14)21(25)30/h2-3,8,13-15,20H,1,4-7,9-12H2,(H2,25,30)(H,26,29). The molecule has 11 heteroatoms.